The number of carbonyl (C=O) groups excluding carboxylic acids is 1. The first-order valence-electron chi connectivity index (χ1n) is 9.10. The van der Waals surface area contributed by atoms with Crippen molar-refractivity contribution < 1.29 is 17.9 Å². The fraction of sp³-hybridized carbons (Fsp3) is 0.350. The zero-order valence-electron chi connectivity index (χ0n) is 16.3. The Kier molecular flexibility index (Phi) is 5.90. The molecule has 0 bridgehead atoms. The number of nitrogens with zero attached hydrogens (tertiary/aromatic N) is 2. The summed E-state index contributed by atoms with van der Waals surface area (Å²) in [5, 5.41) is 2.64. The van der Waals surface area contributed by atoms with Gasteiger partial charge in [0.25, 0.3) is 0 Å². The number of anilines is 2. The molecule has 1 aliphatic rings. The lowest BCUT2D eigenvalue weighted by Crippen LogP contribution is -2.53. The quantitative estimate of drug-likeness (QED) is 0.830. The van der Waals surface area contributed by atoms with Crippen molar-refractivity contribution in [3.63, 3.8) is 0 Å². The SMILES string of the molecule is COc1ccc(N2CCN(S(=O)(=O)c3ccc(NC(C)=O)cc3)CC2C)cc1. The molecule has 150 valence electrons. The summed E-state index contributed by atoms with van der Waals surface area (Å²) in [5.74, 6) is 0.597. The number of hydrogen-bond acceptors (Lipinski definition) is 5. The van der Waals surface area contributed by atoms with Crippen LogP contribution in [0.1, 0.15) is 13.8 Å². The molecule has 7 nitrogen and oxygen atoms in total. The largest absolute Gasteiger partial charge is 0.497 e. The Balaban J connectivity index is 1.72. The Hall–Kier alpha value is -2.58. The fourth-order valence-electron chi connectivity index (χ4n) is 3.36. The minimum atomic E-state index is -3.58. The maximum Gasteiger partial charge on any atom is 0.243 e. The van der Waals surface area contributed by atoms with E-state index in [4.69, 9.17) is 4.74 Å². The molecule has 1 amide bonds. The predicted molar refractivity (Wildman–Crippen MR) is 109 cm³/mol. The molecular formula is C20H25N3O4S. The van der Waals surface area contributed by atoms with E-state index in [-0.39, 0.29) is 16.8 Å². The minimum Gasteiger partial charge on any atom is -0.497 e. The third kappa shape index (κ3) is 4.28. The van der Waals surface area contributed by atoms with Gasteiger partial charge in [-0.15, -0.1) is 0 Å². The summed E-state index contributed by atoms with van der Waals surface area (Å²) in [6.45, 7) is 4.85. The van der Waals surface area contributed by atoms with Gasteiger partial charge in [0, 0.05) is 44.0 Å². The van der Waals surface area contributed by atoms with Crippen LogP contribution in [0, 0.1) is 0 Å². The van der Waals surface area contributed by atoms with E-state index in [9.17, 15) is 13.2 Å². The molecule has 1 aliphatic heterocycles. The van der Waals surface area contributed by atoms with Crippen LogP contribution >= 0.6 is 0 Å². The van der Waals surface area contributed by atoms with Gasteiger partial charge in [-0.25, -0.2) is 8.42 Å². The normalized spacial score (nSPS) is 18.0. The van der Waals surface area contributed by atoms with Crippen LogP contribution in [0.25, 0.3) is 0 Å². The third-order valence-electron chi connectivity index (χ3n) is 4.81. The van der Waals surface area contributed by atoms with E-state index in [0.717, 1.165) is 11.4 Å². The molecule has 28 heavy (non-hydrogen) atoms. The molecule has 1 saturated heterocycles. The third-order valence-corrected chi connectivity index (χ3v) is 6.69. The highest BCUT2D eigenvalue weighted by Gasteiger charge is 2.32. The number of sulfonamides is 1. The summed E-state index contributed by atoms with van der Waals surface area (Å²) in [7, 11) is -1.95. The Morgan fingerprint density at radius 1 is 1.07 bits per heavy atom. The number of methoxy groups -OCH3 is 1. The number of ether oxygens (including phenoxy) is 1. The van der Waals surface area contributed by atoms with Gasteiger partial charge in [0.1, 0.15) is 5.75 Å². The summed E-state index contributed by atoms with van der Waals surface area (Å²) in [6, 6.07) is 14.1. The molecule has 3 rings (SSSR count). The zero-order chi connectivity index (χ0) is 20.3. The van der Waals surface area contributed by atoms with Crippen LogP contribution in [-0.4, -0.2) is 51.4 Å². The molecule has 1 fully saturated rings. The van der Waals surface area contributed by atoms with Crippen molar-refractivity contribution >= 4 is 27.3 Å². The van der Waals surface area contributed by atoms with Crippen molar-refractivity contribution in [1.82, 2.24) is 4.31 Å². The van der Waals surface area contributed by atoms with E-state index in [1.165, 1.54) is 23.4 Å². The number of piperazine rings is 1. The van der Waals surface area contributed by atoms with Gasteiger partial charge in [-0.05, 0) is 55.5 Å². The molecule has 8 heteroatoms. The molecule has 2 aromatic carbocycles. The average molecular weight is 404 g/mol. The van der Waals surface area contributed by atoms with Crippen LogP contribution < -0.4 is 15.0 Å². The number of nitrogens with one attached hydrogen (secondary N) is 1. The van der Waals surface area contributed by atoms with Crippen molar-refractivity contribution in [1.29, 1.82) is 0 Å². The number of rotatable bonds is 5. The summed E-state index contributed by atoms with van der Waals surface area (Å²) in [5.41, 5.74) is 1.62. The second-order valence-corrected chi connectivity index (χ2v) is 8.75. The number of benzene rings is 2. The molecular weight excluding hydrogens is 378 g/mol. The van der Waals surface area contributed by atoms with E-state index >= 15 is 0 Å². The lowest BCUT2D eigenvalue weighted by Gasteiger charge is -2.40. The van der Waals surface area contributed by atoms with Gasteiger partial charge in [-0.3, -0.25) is 4.79 Å². The minimum absolute atomic E-state index is 0.0376. The van der Waals surface area contributed by atoms with Gasteiger partial charge in [0.05, 0.1) is 12.0 Å². The molecule has 0 aromatic heterocycles. The van der Waals surface area contributed by atoms with Crippen molar-refractivity contribution in [3.8, 4) is 5.75 Å². The highest BCUT2D eigenvalue weighted by molar-refractivity contribution is 7.89. The Labute approximate surface area is 166 Å². The number of hydrogen-bond donors (Lipinski definition) is 1. The van der Waals surface area contributed by atoms with Crippen molar-refractivity contribution in [2.45, 2.75) is 24.8 Å². The molecule has 1 atom stereocenters. The monoisotopic (exact) mass is 403 g/mol. The van der Waals surface area contributed by atoms with E-state index in [2.05, 4.69) is 10.2 Å². The van der Waals surface area contributed by atoms with E-state index in [1.807, 2.05) is 31.2 Å². The maximum absolute atomic E-state index is 13.0. The summed E-state index contributed by atoms with van der Waals surface area (Å²) < 4.78 is 32.7. The van der Waals surface area contributed by atoms with Crippen molar-refractivity contribution in [3.05, 3.63) is 48.5 Å². The lowest BCUT2D eigenvalue weighted by atomic mass is 10.2. The molecule has 0 aliphatic carbocycles. The molecule has 1 heterocycles. The van der Waals surface area contributed by atoms with Crippen LogP contribution in [0.4, 0.5) is 11.4 Å². The zero-order valence-corrected chi connectivity index (χ0v) is 17.1. The molecule has 0 radical (unpaired) electrons. The van der Waals surface area contributed by atoms with Gasteiger partial charge in [0.2, 0.25) is 15.9 Å². The smallest absolute Gasteiger partial charge is 0.243 e. The molecule has 1 N–H and O–H groups in total. The van der Waals surface area contributed by atoms with Gasteiger partial charge in [0.15, 0.2) is 0 Å². The fourth-order valence-corrected chi connectivity index (χ4v) is 4.87. The first kappa shape index (κ1) is 20.2. The van der Waals surface area contributed by atoms with Crippen LogP contribution in [0.5, 0.6) is 5.75 Å². The first-order valence-corrected chi connectivity index (χ1v) is 10.5. The van der Waals surface area contributed by atoms with Crippen molar-refractivity contribution in [2.75, 3.05) is 37.0 Å². The highest BCUT2D eigenvalue weighted by Crippen LogP contribution is 2.26. The van der Waals surface area contributed by atoms with E-state index in [1.54, 1.807) is 19.2 Å². The summed E-state index contributed by atoms with van der Waals surface area (Å²) in [4.78, 5) is 13.5. The summed E-state index contributed by atoms with van der Waals surface area (Å²) in [6.07, 6.45) is 0. The highest BCUT2D eigenvalue weighted by atomic mass is 32.2. The van der Waals surface area contributed by atoms with Gasteiger partial charge in [-0.2, -0.15) is 4.31 Å². The summed E-state index contributed by atoms with van der Waals surface area (Å²) >= 11 is 0. The van der Waals surface area contributed by atoms with Gasteiger partial charge < -0.3 is 15.0 Å². The molecule has 1 unspecified atom stereocenters. The Morgan fingerprint density at radius 2 is 1.71 bits per heavy atom. The van der Waals surface area contributed by atoms with E-state index in [0.29, 0.717) is 25.3 Å². The second-order valence-electron chi connectivity index (χ2n) is 6.81. The van der Waals surface area contributed by atoms with Crippen LogP contribution in [0.15, 0.2) is 53.4 Å². The Bertz CT molecular complexity index is 927. The molecule has 0 spiro atoms. The van der Waals surface area contributed by atoms with Crippen molar-refractivity contribution in [2.24, 2.45) is 0 Å². The predicted octanol–water partition coefficient (Wildman–Crippen LogP) is 2.55. The van der Waals surface area contributed by atoms with Gasteiger partial charge in [-0.1, -0.05) is 0 Å². The number of carbonyl (C=O) groups is 1. The first-order chi connectivity index (χ1) is 13.3. The number of amides is 1. The maximum atomic E-state index is 13.0. The standard InChI is InChI=1S/C20H25N3O4S/c1-15-14-22(12-13-23(15)18-6-8-19(27-3)9-7-18)28(25,26)20-10-4-17(5-11-20)21-16(2)24/h4-11,15H,12-14H2,1-3H3,(H,21,24). The second kappa shape index (κ2) is 8.20. The van der Waals surface area contributed by atoms with E-state index < -0.39 is 10.0 Å². The molecule has 0 saturated carbocycles. The average Bonchev–Trinajstić information content (AvgIpc) is 2.68. The van der Waals surface area contributed by atoms with Crippen LogP contribution in [0.2, 0.25) is 0 Å². The Morgan fingerprint density at radius 3 is 2.25 bits per heavy atom. The van der Waals surface area contributed by atoms with Crippen LogP contribution in [-0.2, 0) is 14.8 Å². The van der Waals surface area contributed by atoms with Crippen LogP contribution in [0.3, 0.4) is 0 Å². The topological polar surface area (TPSA) is 79.0 Å². The molecule has 2 aromatic rings. The lowest BCUT2D eigenvalue weighted by molar-refractivity contribution is -0.114. The van der Waals surface area contributed by atoms with Gasteiger partial charge >= 0.3 is 0 Å².